The van der Waals surface area contributed by atoms with Crippen LogP contribution < -0.4 is 5.73 Å². The van der Waals surface area contributed by atoms with Crippen molar-refractivity contribution in [2.75, 3.05) is 6.54 Å². The molecule has 1 heterocycles. The van der Waals surface area contributed by atoms with E-state index in [1.165, 1.54) is 12.8 Å². The molecule has 1 saturated carbocycles. The molecule has 1 aromatic rings. The van der Waals surface area contributed by atoms with Crippen LogP contribution in [-0.2, 0) is 6.42 Å². The fourth-order valence-electron chi connectivity index (χ4n) is 1.50. The Balaban J connectivity index is 1.94. The second-order valence-electron chi connectivity index (χ2n) is 4.03. The molecule has 1 aromatic heterocycles. The maximum Gasteiger partial charge on any atom is 0.226 e. The second-order valence-corrected chi connectivity index (χ2v) is 4.03. The molecular weight excluding hydrogens is 178 g/mol. The molecule has 1 aliphatic carbocycles. The maximum atomic E-state index is 5.62. The summed E-state index contributed by atoms with van der Waals surface area (Å²) in [5, 5.41) is 3.97. The normalized spacial score (nSPS) is 18.4. The van der Waals surface area contributed by atoms with E-state index in [9.17, 15) is 0 Å². The Morgan fingerprint density at radius 3 is 2.93 bits per heavy atom. The SMILES string of the molecule is CCC(CN)Cc1nc(C2CC2)no1. The minimum atomic E-state index is 0.475. The third kappa shape index (κ3) is 2.12. The molecular formula is C10H17N3O. The number of nitrogens with zero attached hydrogens (tertiary/aromatic N) is 2. The average Bonchev–Trinajstić information content (AvgIpc) is 2.96. The lowest BCUT2D eigenvalue weighted by molar-refractivity contribution is 0.347. The van der Waals surface area contributed by atoms with Gasteiger partial charge in [0.25, 0.3) is 0 Å². The van der Waals surface area contributed by atoms with E-state index >= 15 is 0 Å². The van der Waals surface area contributed by atoms with Gasteiger partial charge in [-0.15, -0.1) is 0 Å². The number of hydrogen-bond acceptors (Lipinski definition) is 4. The zero-order chi connectivity index (χ0) is 9.97. The molecule has 0 aliphatic heterocycles. The molecule has 2 rings (SSSR count). The predicted molar refractivity (Wildman–Crippen MR) is 52.8 cm³/mol. The van der Waals surface area contributed by atoms with Crippen LogP contribution in [0.4, 0.5) is 0 Å². The predicted octanol–water partition coefficient (Wildman–Crippen LogP) is 1.47. The Labute approximate surface area is 83.9 Å². The van der Waals surface area contributed by atoms with E-state index in [2.05, 4.69) is 17.1 Å². The lowest BCUT2D eigenvalue weighted by Gasteiger charge is -2.07. The Morgan fingerprint density at radius 2 is 2.36 bits per heavy atom. The Morgan fingerprint density at radius 1 is 1.57 bits per heavy atom. The summed E-state index contributed by atoms with van der Waals surface area (Å²) in [4.78, 5) is 4.37. The summed E-state index contributed by atoms with van der Waals surface area (Å²) in [5.41, 5.74) is 5.62. The van der Waals surface area contributed by atoms with Gasteiger partial charge in [0.05, 0.1) is 0 Å². The first-order chi connectivity index (χ1) is 6.83. The van der Waals surface area contributed by atoms with Crippen LogP contribution in [0, 0.1) is 5.92 Å². The summed E-state index contributed by atoms with van der Waals surface area (Å²) in [7, 11) is 0. The Hall–Kier alpha value is -0.900. The van der Waals surface area contributed by atoms with Gasteiger partial charge in [-0.2, -0.15) is 4.98 Å². The molecule has 4 nitrogen and oxygen atoms in total. The van der Waals surface area contributed by atoms with Crippen LogP contribution in [0.3, 0.4) is 0 Å². The first-order valence-corrected chi connectivity index (χ1v) is 5.36. The molecule has 1 fully saturated rings. The molecule has 1 aliphatic rings. The van der Waals surface area contributed by atoms with Crippen molar-refractivity contribution >= 4 is 0 Å². The molecule has 4 heteroatoms. The number of hydrogen-bond donors (Lipinski definition) is 1. The zero-order valence-electron chi connectivity index (χ0n) is 8.57. The lowest BCUT2D eigenvalue weighted by Crippen LogP contribution is -2.16. The van der Waals surface area contributed by atoms with Gasteiger partial charge in [0.15, 0.2) is 5.82 Å². The quantitative estimate of drug-likeness (QED) is 0.772. The highest BCUT2D eigenvalue weighted by molar-refractivity contribution is 5.03. The van der Waals surface area contributed by atoms with Crippen molar-refractivity contribution in [3.63, 3.8) is 0 Å². The Bertz CT molecular complexity index is 289. The largest absolute Gasteiger partial charge is 0.339 e. The number of aromatic nitrogens is 2. The van der Waals surface area contributed by atoms with Crippen molar-refractivity contribution in [3.8, 4) is 0 Å². The van der Waals surface area contributed by atoms with Gasteiger partial charge < -0.3 is 10.3 Å². The maximum absolute atomic E-state index is 5.62. The molecule has 2 N–H and O–H groups in total. The van der Waals surface area contributed by atoms with Gasteiger partial charge in [-0.3, -0.25) is 0 Å². The highest BCUT2D eigenvalue weighted by Crippen LogP contribution is 2.38. The monoisotopic (exact) mass is 195 g/mol. The average molecular weight is 195 g/mol. The lowest BCUT2D eigenvalue weighted by atomic mass is 10.0. The van der Waals surface area contributed by atoms with Crippen LogP contribution in [0.15, 0.2) is 4.52 Å². The van der Waals surface area contributed by atoms with Crippen LogP contribution in [0.1, 0.15) is 43.8 Å². The van der Waals surface area contributed by atoms with Gasteiger partial charge in [-0.1, -0.05) is 18.5 Å². The van der Waals surface area contributed by atoms with E-state index in [-0.39, 0.29) is 0 Å². The first kappa shape index (κ1) is 9.65. The third-order valence-electron chi connectivity index (χ3n) is 2.80. The van der Waals surface area contributed by atoms with Gasteiger partial charge in [0, 0.05) is 12.3 Å². The summed E-state index contributed by atoms with van der Waals surface area (Å²) >= 11 is 0. The van der Waals surface area contributed by atoms with Crippen molar-refractivity contribution in [2.24, 2.45) is 11.7 Å². The van der Waals surface area contributed by atoms with Gasteiger partial charge in [-0.05, 0) is 25.3 Å². The van der Waals surface area contributed by atoms with E-state index in [1.54, 1.807) is 0 Å². The third-order valence-corrected chi connectivity index (χ3v) is 2.80. The molecule has 0 amide bonds. The van der Waals surface area contributed by atoms with Crippen molar-refractivity contribution in [2.45, 2.75) is 38.5 Å². The van der Waals surface area contributed by atoms with Crippen LogP contribution in [-0.4, -0.2) is 16.7 Å². The second kappa shape index (κ2) is 4.09. The topological polar surface area (TPSA) is 64.9 Å². The zero-order valence-corrected chi connectivity index (χ0v) is 8.57. The van der Waals surface area contributed by atoms with Crippen molar-refractivity contribution in [1.29, 1.82) is 0 Å². The molecule has 0 aromatic carbocycles. The number of rotatable bonds is 5. The highest BCUT2D eigenvalue weighted by Gasteiger charge is 2.28. The van der Waals surface area contributed by atoms with E-state index < -0.39 is 0 Å². The van der Waals surface area contributed by atoms with E-state index in [0.717, 1.165) is 24.6 Å². The molecule has 0 spiro atoms. The summed E-state index contributed by atoms with van der Waals surface area (Å²) in [6.45, 7) is 2.83. The minimum Gasteiger partial charge on any atom is -0.339 e. The molecule has 78 valence electrons. The highest BCUT2D eigenvalue weighted by atomic mass is 16.5. The minimum absolute atomic E-state index is 0.475. The van der Waals surface area contributed by atoms with Gasteiger partial charge in [0.2, 0.25) is 5.89 Å². The standard InChI is InChI=1S/C10H17N3O/c1-2-7(6-11)5-9-12-10(13-14-9)8-3-4-8/h7-8H,2-6,11H2,1H3. The molecule has 0 saturated heterocycles. The van der Waals surface area contributed by atoms with Gasteiger partial charge in [-0.25, -0.2) is 0 Å². The molecule has 0 bridgehead atoms. The summed E-state index contributed by atoms with van der Waals surface area (Å²) in [6.07, 6.45) is 4.32. The van der Waals surface area contributed by atoms with E-state index in [4.69, 9.17) is 10.3 Å². The molecule has 1 unspecified atom stereocenters. The van der Waals surface area contributed by atoms with Crippen LogP contribution in [0.5, 0.6) is 0 Å². The van der Waals surface area contributed by atoms with E-state index in [1.807, 2.05) is 0 Å². The van der Waals surface area contributed by atoms with E-state index in [0.29, 0.717) is 18.4 Å². The van der Waals surface area contributed by atoms with Crippen molar-refractivity contribution in [3.05, 3.63) is 11.7 Å². The van der Waals surface area contributed by atoms with Crippen LogP contribution in [0.2, 0.25) is 0 Å². The molecule has 14 heavy (non-hydrogen) atoms. The van der Waals surface area contributed by atoms with Crippen molar-refractivity contribution < 1.29 is 4.52 Å². The molecule has 0 radical (unpaired) electrons. The van der Waals surface area contributed by atoms with Crippen LogP contribution >= 0.6 is 0 Å². The smallest absolute Gasteiger partial charge is 0.226 e. The summed E-state index contributed by atoms with van der Waals surface area (Å²) < 4.78 is 5.18. The van der Waals surface area contributed by atoms with Crippen LogP contribution in [0.25, 0.3) is 0 Å². The Kier molecular flexibility index (Phi) is 2.82. The van der Waals surface area contributed by atoms with Gasteiger partial charge in [0.1, 0.15) is 0 Å². The fraction of sp³-hybridized carbons (Fsp3) is 0.800. The summed E-state index contributed by atoms with van der Waals surface area (Å²) in [6, 6.07) is 0. The van der Waals surface area contributed by atoms with Crippen molar-refractivity contribution in [1.82, 2.24) is 10.1 Å². The number of nitrogens with two attached hydrogens (primary N) is 1. The first-order valence-electron chi connectivity index (χ1n) is 5.36. The fourth-order valence-corrected chi connectivity index (χ4v) is 1.50. The van der Waals surface area contributed by atoms with Gasteiger partial charge >= 0.3 is 0 Å². The molecule has 1 atom stereocenters. The summed E-state index contributed by atoms with van der Waals surface area (Å²) in [5.74, 6) is 2.70.